The van der Waals surface area contributed by atoms with Crippen LogP contribution in [0.5, 0.6) is 0 Å². The molecule has 16 heavy (non-hydrogen) atoms. The summed E-state index contributed by atoms with van der Waals surface area (Å²) in [6, 6.07) is 0. The van der Waals surface area contributed by atoms with Gasteiger partial charge < -0.3 is 10.2 Å². The molecule has 0 unspecified atom stereocenters. The maximum atomic E-state index is 10.7. The molecule has 0 saturated heterocycles. The molecular formula is C6H14O8S2. The van der Waals surface area contributed by atoms with Crippen molar-refractivity contribution in [3.8, 4) is 0 Å². The normalized spacial score (nSPS) is 18.6. The van der Waals surface area contributed by atoms with E-state index >= 15 is 0 Å². The Balaban J connectivity index is 4.16. The molecule has 0 aromatic heterocycles. The van der Waals surface area contributed by atoms with Crippen LogP contribution in [0.1, 0.15) is 2.74 Å². The van der Waals surface area contributed by atoms with E-state index in [1.54, 1.807) is 0 Å². The van der Waals surface area contributed by atoms with Gasteiger partial charge in [0.2, 0.25) is 0 Å². The van der Waals surface area contributed by atoms with Gasteiger partial charge in [-0.3, -0.25) is 8.37 Å². The van der Waals surface area contributed by atoms with Crippen LogP contribution in [-0.4, -0.2) is 64.9 Å². The fraction of sp³-hybridized carbons (Fsp3) is 1.00. The fourth-order valence-corrected chi connectivity index (χ4v) is 1.26. The minimum Gasteiger partial charge on any atom is -0.388 e. The minimum atomic E-state index is -4.09. The maximum Gasteiger partial charge on any atom is 0.264 e. The van der Waals surface area contributed by atoms with E-state index in [4.69, 9.17) is 2.74 Å². The van der Waals surface area contributed by atoms with Crippen LogP contribution in [-0.2, 0) is 28.6 Å². The lowest BCUT2D eigenvalue weighted by Crippen LogP contribution is -2.35. The van der Waals surface area contributed by atoms with Gasteiger partial charge in [-0.25, -0.2) is 0 Å². The molecule has 8 nitrogen and oxygen atoms in total. The summed E-state index contributed by atoms with van der Waals surface area (Å²) in [5.41, 5.74) is 0. The van der Waals surface area contributed by atoms with E-state index in [-0.39, 0.29) is 0 Å². The zero-order valence-corrected chi connectivity index (χ0v) is 9.78. The number of hydrogen-bond acceptors (Lipinski definition) is 8. The predicted molar refractivity (Wildman–Crippen MR) is 53.6 cm³/mol. The molecule has 0 spiro atoms. The SMILES string of the molecule is [2H]CS(=O)(=O)OC[C@@H](O)[C@H](O)COS(=O)(=O)C[2H]. The highest BCUT2D eigenvalue weighted by molar-refractivity contribution is 7.86. The third-order valence-corrected chi connectivity index (χ3v) is 2.27. The quantitative estimate of drug-likeness (QED) is 0.497. The van der Waals surface area contributed by atoms with E-state index in [1.165, 1.54) is 0 Å². The summed E-state index contributed by atoms with van der Waals surface area (Å²) in [7, 11) is -8.18. The lowest BCUT2D eigenvalue weighted by atomic mass is 10.2. The summed E-state index contributed by atoms with van der Waals surface area (Å²) in [4.78, 5) is 0. The van der Waals surface area contributed by atoms with Crippen LogP contribution in [0.2, 0.25) is 0 Å². The molecule has 0 aromatic rings. The molecule has 0 saturated carbocycles. The largest absolute Gasteiger partial charge is 0.388 e. The Hall–Kier alpha value is -0.260. The Labute approximate surface area is 96.9 Å². The van der Waals surface area contributed by atoms with Crippen LogP contribution in [0, 0.1) is 0 Å². The number of aliphatic hydroxyl groups is 2. The van der Waals surface area contributed by atoms with Gasteiger partial charge in [-0.1, -0.05) is 0 Å². The fourth-order valence-electron chi connectivity index (χ4n) is 0.569. The van der Waals surface area contributed by atoms with Crippen LogP contribution in [0.4, 0.5) is 0 Å². The van der Waals surface area contributed by atoms with Crippen molar-refractivity contribution in [2.24, 2.45) is 0 Å². The van der Waals surface area contributed by atoms with Gasteiger partial charge in [0.15, 0.2) is 0 Å². The molecular weight excluding hydrogens is 264 g/mol. The topological polar surface area (TPSA) is 127 Å². The second-order valence-electron chi connectivity index (χ2n) is 2.82. The molecule has 0 heterocycles. The summed E-state index contributed by atoms with van der Waals surface area (Å²) in [6.07, 6.45) is -5.49. The monoisotopic (exact) mass is 280 g/mol. The molecule has 98 valence electrons. The third kappa shape index (κ3) is 9.00. The molecule has 0 amide bonds. The lowest BCUT2D eigenvalue weighted by Gasteiger charge is -2.16. The van der Waals surface area contributed by atoms with E-state index in [0.29, 0.717) is 0 Å². The van der Waals surface area contributed by atoms with Gasteiger partial charge >= 0.3 is 0 Å². The number of hydrogen-bond donors (Lipinski definition) is 2. The van der Waals surface area contributed by atoms with Crippen molar-refractivity contribution in [3.63, 3.8) is 0 Å². The smallest absolute Gasteiger partial charge is 0.264 e. The van der Waals surface area contributed by atoms with Gasteiger partial charge in [0.05, 0.1) is 25.7 Å². The average Bonchev–Trinajstić information content (AvgIpc) is 2.33. The molecule has 0 aromatic carbocycles. The third-order valence-electron chi connectivity index (χ3n) is 1.28. The van der Waals surface area contributed by atoms with Gasteiger partial charge in [-0.2, -0.15) is 16.8 Å². The minimum absolute atomic E-state index is 0.827. The zero-order valence-electron chi connectivity index (χ0n) is 10.1. The van der Waals surface area contributed by atoms with Gasteiger partial charge in [-0.05, 0) is 0 Å². The molecule has 2 N–H and O–H groups in total. The second-order valence-corrected chi connectivity index (χ2v) is 5.52. The Kier molecular flexibility index (Phi) is 4.49. The molecule has 0 aliphatic carbocycles. The Morgan fingerprint density at radius 1 is 1.00 bits per heavy atom. The second kappa shape index (κ2) is 5.89. The molecule has 10 heteroatoms. The first kappa shape index (κ1) is 12.2. The highest BCUT2D eigenvalue weighted by Gasteiger charge is 2.20. The van der Waals surface area contributed by atoms with Gasteiger partial charge in [-0.15, -0.1) is 0 Å². The zero-order chi connectivity index (χ0) is 14.4. The van der Waals surface area contributed by atoms with Crippen LogP contribution in [0.25, 0.3) is 0 Å². The molecule has 0 aliphatic heterocycles. The van der Waals surface area contributed by atoms with E-state index < -0.39 is 58.1 Å². The van der Waals surface area contributed by atoms with Gasteiger partial charge in [0.25, 0.3) is 20.2 Å². The van der Waals surface area contributed by atoms with Crippen LogP contribution in [0.3, 0.4) is 0 Å². The first-order valence-electron chi connectivity index (χ1n) is 5.24. The molecule has 0 fully saturated rings. The van der Waals surface area contributed by atoms with E-state index in [1.807, 2.05) is 0 Å². The van der Waals surface area contributed by atoms with Crippen LogP contribution in [0.15, 0.2) is 0 Å². The molecule has 0 aliphatic rings. The van der Waals surface area contributed by atoms with Crippen molar-refractivity contribution < 1.29 is 38.2 Å². The number of rotatable bonds is 7. The van der Waals surface area contributed by atoms with Crippen LogP contribution < -0.4 is 0 Å². The first-order chi connectivity index (χ1) is 8.13. The standard InChI is InChI=1S/C6H14O8S2/c1-15(9,10)13-3-5(7)6(8)4-14-16(2,11)12/h5-8H,3-4H2,1-2H3/t5-,6-/m1/s1/i1D,2D. The van der Waals surface area contributed by atoms with Gasteiger partial charge in [0, 0.05) is 2.74 Å². The van der Waals surface area contributed by atoms with Crippen molar-refractivity contribution in [1.29, 1.82) is 0 Å². The van der Waals surface area contributed by atoms with Crippen molar-refractivity contribution in [1.82, 2.24) is 0 Å². The summed E-state index contributed by atoms with van der Waals surface area (Å²) in [5.74, 6) is 0. The molecule has 2 atom stereocenters. The lowest BCUT2D eigenvalue weighted by molar-refractivity contribution is -0.0264. The first-order valence-corrected chi connectivity index (χ1v) is 6.98. The maximum absolute atomic E-state index is 10.7. The summed E-state index contributed by atoms with van der Waals surface area (Å²) < 4.78 is 64.4. The Bertz CT molecular complexity index is 391. The molecule has 0 radical (unpaired) electrons. The summed E-state index contributed by atoms with van der Waals surface area (Å²) in [5, 5.41) is 18.4. The molecule has 0 rings (SSSR count). The average molecular weight is 280 g/mol. The van der Waals surface area contributed by atoms with Crippen LogP contribution >= 0.6 is 0 Å². The highest BCUT2D eigenvalue weighted by Crippen LogP contribution is 2.00. The van der Waals surface area contributed by atoms with E-state index in [2.05, 4.69) is 8.37 Å². The highest BCUT2D eigenvalue weighted by atomic mass is 32.2. The summed E-state index contributed by atoms with van der Waals surface area (Å²) >= 11 is 0. The van der Waals surface area contributed by atoms with Crippen molar-refractivity contribution in [2.75, 3.05) is 25.7 Å². The predicted octanol–water partition coefficient (Wildman–Crippen LogP) is -2.34. The molecule has 0 bridgehead atoms. The van der Waals surface area contributed by atoms with Gasteiger partial charge in [0.1, 0.15) is 12.2 Å². The Morgan fingerprint density at radius 2 is 1.31 bits per heavy atom. The van der Waals surface area contributed by atoms with Crippen molar-refractivity contribution in [3.05, 3.63) is 0 Å². The van der Waals surface area contributed by atoms with E-state index in [0.717, 1.165) is 0 Å². The van der Waals surface area contributed by atoms with Crippen molar-refractivity contribution >= 4 is 20.2 Å². The van der Waals surface area contributed by atoms with Crippen molar-refractivity contribution in [2.45, 2.75) is 12.2 Å². The number of aliphatic hydroxyl groups excluding tert-OH is 2. The summed E-state index contributed by atoms with van der Waals surface area (Å²) in [6.45, 7) is -1.65. The van der Waals surface area contributed by atoms with E-state index in [9.17, 15) is 27.0 Å². The Morgan fingerprint density at radius 3 is 1.56 bits per heavy atom.